The van der Waals surface area contributed by atoms with Crippen molar-refractivity contribution in [2.45, 2.75) is 20.8 Å². The lowest BCUT2D eigenvalue weighted by Crippen LogP contribution is -2.01. The third kappa shape index (κ3) is 4.98. The van der Waals surface area contributed by atoms with E-state index in [4.69, 9.17) is 6.42 Å². The van der Waals surface area contributed by atoms with Crippen molar-refractivity contribution >= 4 is 11.8 Å². The monoisotopic (exact) mass is 168 g/mol. The van der Waals surface area contributed by atoms with Crippen molar-refractivity contribution in [1.29, 1.82) is 0 Å². The predicted molar refractivity (Wildman–Crippen MR) is 54.4 cm³/mol. The molecule has 0 aliphatic carbocycles. The van der Waals surface area contributed by atoms with Gasteiger partial charge in [0.15, 0.2) is 0 Å². The smallest absolute Gasteiger partial charge is 0.0410 e. The van der Waals surface area contributed by atoms with Gasteiger partial charge >= 0.3 is 0 Å². The van der Waals surface area contributed by atoms with Gasteiger partial charge in [0.05, 0.1) is 0 Å². The first-order chi connectivity index (χ1) is 5.22. The number of allylic oxidation sites excluding steroid dienone is 1. The summed E-state index contributed by atoms with van der Waals surface area (Å²) in [5, 5.41) is 2.10. The molecule has 0 bridgehead atoms. The predicted octanol–water partition coefficient (Wildman–Crippen LogP) is 3.16. The summed E-state index contributed by atoms with van der Waals surface area (Å²) >= 11 is 1.79. The number of thioether (sulfide) groups is 1. The third-order valence-electron chi connectivity index (χ3n) is 1.46. The van der Waals surface area contributed by atoms with Gasteiger partial charge in [-0.05, 0) is 17.1 Å². The Kier molecular flexibility index (Phi) is 6.16. The molecule has 0 aliphatic heterocycles. The first-order valence-corrected chi connectivity index (χ1v) is 5.01. The summed E-state index contributed by atoms with van der Waals surface area (Å²) in [5.41, 5.74) is 0. The van der Waals surface area contributed by atoms with Gasteiger partial charge in [-0.15, -0.1) is 18.2 Å². The van der Waals surface area contributed by atoms with Crippen LogP contribution in [0.4, 0.5) is 0 Å². The minimum Gasteiger partial charge on any atom is -0.135 e. The maximum Gasteiger partial charge on any atom is 0.0410 e. The van der Waals surface area contributed by atoms with Crippen molar-refractivity contribution < 1.29 is 0 Å². The summed E-state index contributed by atoms with van der Waals surface area (Å²) in [6.07, 6.45) is 7.46. The average molecular weight is 168 g/mol. The molecule has 0 saturated carbocycles. The second-order valence-corrected chi connectivity index (χ2v) is 3.90. The van der Waals surface area contributed by atoms with E-state index in [9.17, 15) is 0 Å². The maximum absolute atomic E-state index is 5.35. The van der Waals surface area contributed by atoms with E-state index in [1.54, 1.807) is 11.8 Å². The van der Waals surface area contributed by atoms with Crippen LogP contribution in [0.15, 0.2) is 11.5 Å². The lowest BCUT2D eigenvalue weighted by atomic mass is 9.97. The molecular formula is C10H16S. The molecule has 0 aromatic carbocycles. The van der Waals surface area contributed by atoms with E-state index in [0.29, 0.717) is 11.8 Å². The average Bonchev–Trinajstić information content (AvgIpc) is 1.97. The second-order valence-electron chi connectivity index (χ2n) is 2.72. The fraction of sp³-hybridized carbons (Fsp3) is 0.600. The molecule has 0 amide bonds. The van der Waals surface area contributed by atoms with E-state index in [1.807, 2.05) is 0 Å². The van der Waals surface area contributed by atoms with Gasteiger partial charge in [-0.3, -0.25) is 0 Å². The van der Waals surface area contributed by atoms with Gasteiger partial charge in [-0.25, -0.2) is 0 Å². The van der Waals surface area contributed by atoms with Gasteiger partial charge in [0, 0.05) is 5.92 Å². The fourth-order valence-electron chi connectivity index (χ4n) is 0.707. The van der Waals surface area contributed by atoms with Crippen molar-refractivity contribution in [3.63, 3.8) is 0 Å². The molecule has 0 aromatic heterocycles. The summed E-state index contributed by atoms with van der Waals surface area (Å²) in [4.78, 5) is 0. The second kappa shape index (κ2) is 6.37. The summed E-state index contributed by atoms with van der Waals surface area (Å²) in [5.74, 6) is 4.73. The molecule has 0 N–H and O–H groups in total. The fourth-order valence-corrected chi connectivity index (χ4v) is 1.18. The Labute approximate surface area is 74.5 Å². The van der Waals surface area contributed by atoms with Crippen LogP contribution in [0, 0.1) is 24.2 Å². The quantitative estimate of drug-likeness (QED) is 0.581. The van der Waals surface area contributed by atoms with Gasteiger partial charge < -0.3 is 0 Å². The van der Waals surface area contributed by atoms with Crippen LogP contribution in [0.1, 0.15) is 20.8 Å². The maximum atomic E-state index is 5.35. The molecule has 0 rings (SSSR count). The van der Waals surface area contributed by atoms with Gasteiger partial charge in [0.2, 0.25) is 0 Å². The first-order valence-electron chi connectivity index (χ1n) is 3.96. The minimum absolute atomic E-state index is 0.300. The minimum atomic E-state index is 0.300. The molecule has 1 atom stereocenters. The third-order valence-corrected chi connectivity index (χ3v) is 2.14. The molecule has 0 heterocycles. The molecule has 1 heteroatoms. The number of hydrogen-bond donors (Lipinski definition) is 0. The highest BCUT2D eigenvalue weighted by molar-refractivity contribution is 8.02. The summed E-state index contributed by atoms with van der Waals surface area (Å²) < 4.78 is 0. The number of rotatable bonds is 4. The Bertz CT molecular complexity index is 151. The zero-order chi connectivity index (χ0) is 8.69. The van der Waals surface area contributed by atoms with Crippen LogP contribution in [0.3, 0.4) is 0 Å². The molecule has 62 valence electrons. The molecule has 1 unspecified atom stereocenters. The topological polar surface area (TPSA) is 0 Å². The van der Waals surface area contributed by atoms with E-state index >= 15 is 0 Å². The van der Waals surface area contributed by atoms with Crippen LogP contribution < -0.4 is 0 Å². The Morgan fingerprint density at radius 3 is 2.55 bits per heavy atom. The highest BCUT2D eigenvalue weighted by Gasteiger charge is 2.03. The lowest BCUT2D eigenvalue weighted by molar-refractivity contribution is 0.566. The van der Waals surface area contributed by atoms with Crippen molar-refractivity contribution in [1.82, 2.24) is 0 Å². The van der Waals surface area contributed by atoms with Crippen LogP contribution in [-0.2, 0) is 0 Å². The van der Waals surface area contributed by atoms with Gasteiger partial charge in [-0.1, -0.05) is 32.8 Å². The highest BCUT2D eigenvalue weighted by atomic mass is 32.2. The molecule has 0 fully saturated rings. The zero-order valence-electron chi connectivity index (χ0n) is 7.50. The molecule has 0 aliphatic rings. The van der Waals surface area contributed by atoms with Crippen molar-refractivity contribution in [3.8, 4) is 12.3 Å². The highest BCUT2D eigenvalue weighted by Crippen LogP contribution is 2.13. The van der Waals surface area contributed by atoms with E-state index in [1.165, 1.54) is 0 Å². The summed E-state index contributed by atoms with van der Waals surface area (Å²) in [6, 6.07) is 0. The van der Waals surface area contributed by atoms with Gasteiger partial charge in [0.1, 0.15) is 0 Å². The van der Waals surface area contributed by atoms with Crippen LogP contribution in [0.5, 0.6) is 0 Å². The van der Waals surface area contributed by atoms with Crippen molar-refractivity contribution in [2.24, 2.45) is 11.8 Å². The number of terminal acetylenes is 1. The molecule has 0 saturated heterocycles. The summed E-state index contributed by atoms with van der Waals surface area (Å²) in [7, 11) is 0. The van der Waals surface area contributed by atoms with E-state index < -0.39 is 0 Å². The van der Waals surface area contributed by atoms with Crippen molar-refractivity contribution in [2.75, 3.05) is 5.75 Å². The normalized spacial score (nSPS) is 13.7. The van der Waals surface area contributed by atoms with Crippen molar-refractivity contribution in [3.05, 3.63) is 11.5 Å². The van der Waals surface area contributed by atoms with E-state index in [2.05, 4.69) is 38.2 Å². The Hall–Kier alpha value is -0.350. The number of hydrogen-bond acceptors (Lipinski definition) is 1. The zero-order valence-corrected chi connectivity index (χ0v) is 8.32. The molecular weight excluding hydrogens is 152 g/mol. The van der Waals surface area contributed by atoms with E-state index in [0.717, 1.165) is 5.75 Å². The molecule has 0 nitrogen and oxygen atoms in total. The van der Waals surface area contributed by atoms with Crippen LogP contribution in [-0.4, -0.2) is 5.75 Å². The lowest BCUT2D eigenvalue weighted by Gasteiger charge is -2.08. The molecule has 11 heavy (non-hydrogen) atoms. The summed E-state index contributed by atoms with van der Waals surface area (Å²) in [6.45, 7) is 6.42. The molecule has 0 radical (unpaired) electrons. The molecule has 0 spiro atoms. The van der Waals surface area contributed by atoms with Gasteiger partial charge in [-0.2, -0.15) is 0 Å². The van der Waals surface area contributed by atoms with Crippen LogP contribution in [0.25, 0.3) is 0 Å². The van der Waals surface area contributed by atoms with Gasteiger partial charge in [0.25, 0.3) is 0 Å². The Morgan fingerprint density at radius 2 is 2.18 bits per heavy atom. The largest absolute Gasteiger partial charge is 0.135 e. The SMILES string of the molecule is C#CC(/C=C\SCC)C(C)C. The molecule has 0 aromatic rings. The van der Waals surface area contributed by atoms with E-state index in [-0.39, 0.29) is 0 Å². The Morgan fingerprint density at radius 1 is 1.55 bits per heavy atom. The van der Waals surface area contributed by atoms with Crippen LogP contribution in [0.2, 0.25) is 0 Å². The Balaban J connectivity index is 3.80. The standard InChI is InChI=1S/C10H16S/c1-5-10(9(3)4)7-8-11-6-2/h1,7-10H,6H2,2-4H3/b8-7-. The van der Waals surface area contributed by atoms with Crippen LogP contribution >= 0.6 is 11.8 Å². The first kappa shape index (κ1) is 10.7.